The topological polar surface area (TPSA) is 26.3 Å². The normalized spacial score (nSPS) is 20.1. The fourth-order valence-electron chi connectivity index (χ4n) is 1.53. The number of ether oxygens (including phenoxy) is 1. The zero-order chi connectivity index (χ0) is 10.7. The molecule has 0 saturated heterocycles. The average Bonchev–Trinajstić information content (AvgIpc) is 2.78. The molecule has 0 aliphatic heterocycles. The van der Waals surface area contributed by atoms with Crippen molar-refractivity contribution in [3.05, 3.63) is 40.1 Å². The van der Waals surface area contributed by atoms with E-state index in [-0.39, 0.29) is 6.10 Å². The molecule has 1 aliphatic rings. The summed E-state index contributed by atoms with van der Waals surface area (Å²) >= 11 is 1.52. The number of methoxy groups -OCH3 is 1. The van der Waals surface area contributed by atoms with Crippen molar-refractivity contribution >= 4 is 23.2 Å². The van der Waals surface area contributed by atoms with Crippen LogP contribution in [0.25, 0.3) is 5.57 Å². The first-order valence-corrected chi connectivity index (χ1v) is 5.61. The minimum atomic E-state index is 0.194. The Kier molecular flexibility index (Phi) is 3.14. The van der Waals surface area contributed by atoms with Crippen LogP contribution in [-0.2, 0) is 4.74 Å². The first-order valence-electron chi connectivity index (χ1n) is 4.80. The van der Waals surface area contributed by atoms with Gasteiger partial charge in [0.1, 0.15) is 0 Å². The maximum Gasteiger partial charge on any atom is 0.160 e. The molecule has 0 N–H and O–H groups in total. The van der Waals surface area contributed by atoms with Crippen LogP contribution in [0, 0.1) is 0 Å². The number of hydrogen-bond donors (Lipinski definition) is 0. The monoisotopic (exact) mass is 220 g/mol. The Morgan fingerprint density at radius 2 is 2.40 bits per heavy atom. The highest BCUT2D eigenvalue weighted by Crippen LogP contribution is 2.27. The van der Waals surface area contributed by atoms with Gasteiger partial charge in [-0.25, -0.2) is 0 Å². The number of carbonyl (C=O) groups is 1. The Morgan fingerprint density at radius 3 is 2.93 bits per heavy atom. The number of aldehydes is 1. The minimum absolute atomic E-state index is 0.194. The van der Waals surface area contributed by atoms with E-state index in [1.807, 2.05) is 12.1 Å². The maximum absolute atomic E-state index is 10.6. The molecule has 1 atom stereocenters. The quantitative estimate of drug-likeness (QED) is 0.732. The lowest BCUT2D eigenvalue weighted by Gasteiger charge is -2.13. The SMILES string of the molecule is COC1C=CC(c2ccc(C=O)s2)=CC1. The fraction of sp³-hybridized carbons (Fsp3) is 0.250. The summed E-state index contributed by atoms with van der Waals surface area (Å²) in [5, 5.41) is 0. The second-order valence-corrected chi connectivity index (χ2v) is 4.46. The average molecular weight is 220 g/mol. The van der Waals surface area contributed by atoms with Crippen molar-refractivity contribution < 1.29 is 9.53 Å². The van der Waals surface area contributed by atoms with E-state index < -0.39 is 0 Å². The summed E-state index contributed by atoms with van der Waals surface area (Å²) in [4.78, 5) is 12.5. The molecule has 3 heteroatoms. The van der Waals surface area contributed by atoms with Crippen molar-refractivity contribution in [1.82, 2.24) is 0 Å². The summed E-state index contributed by atoms with van der Waals surface area (Å²) in [6, 6.07) is 3.84. The van der Waals surface area contributed by atoms with Crippen LogP contribution in [0.5, 0.6) is 0 Å². The van der Waals surface area contributed by atoms with Crippen molar-refractivity contribution in [2.75, 3.05) is 7.11 Å². The minimum Gasteiger partial charge on any atom is -0.377 e. The molecule has 2 rings (SSSR count). The highest BCUT2D eigenvalue weighted by Gasteiger charge is 2.09. The van der Waals surface area contributed by atoms with Gasteiger partial charge in [0.05, 0.1) is 11.0 Å². The third kappa shape index (κ3) is 2.25. The van der Waals surface area contributed by atoms with E-state index in [0.29, 0.717) is 0 Å². The summed E-state index contributed by atoms with van der Waals surface area (Å²) in [6.07, 6.45) is 8.23. The van der Waals surface area contributed by atoms with Gasteiger partial charge in [-0.2, -0.15) is 0 Å². The van der Waals surface area contributed by atoms with Gasteiger partial charge in [0.15, 0.2) is 6.29 Å². The molecule has 0 saturated carbocycles. The molecule has 0 radical (unpaired) electrons. The molecule has 1 unspecified atom stereocenters. The van der Waals surface area contributed by atoms with Crippen molar-refractivity contribution in [1.29, 1.82) is 0 Å². The van der Waals surface area contributed by atoms with Crippen LogP contribution in [0.3, 0.4) is 0 Å². The Hall–Kier alpha value is -1.19. The fourth-order valence-corrected chi connectivity index (χ4v) is 2.37. The Bertz CT molecular complexity index is 415. The zero-order valence-corrected chi connectivity index (χ0v) is 9.29. The molecule has 0 amide bonds. The van der Waals surface area contributed by atoms with Crippen LogP contribution < -0.4 is 0 Å². The van der Waals surface area contributed by atoms with Crippen LogP contribution in [0.4, 0.5) is 0 Å². The number of carbonyl (C=O) groups excluding carboxylic acids is 1. The standard InChI is InChI=1S/C12H12O2S/c1-14-10-4-2-9(3-5-10)12-7-6-11(8-13)15-12/h2-4,6-8,10H,5H2,1H3. The smallest absolute Gasteiger partial charge is 0.160 e. The summed E-state index contributed by atoms with van der Waals surface area (Å²) in [6.45, 7) is 0. The number of hydrogen-bond acceptors (Lipinski definition) is 3. The van der Waals surface area contributed by atoms with Crippen molar-refractivity contribution in [3.8, 4) is 0 Å². The molecular formula is C12H12O2S. The Morgan fingerprint density at radius 1 is 1.53 bits per heavy atom. The van der Waals surface area contributed by atoms with Crippen molar-refractivity contribution in [2.24, 2.45) is 0 Å². The van der Waals surface area contributed by atoms with Gasteiger partial charge in [-0.15, -0.1) is 11.3 Å². The van der Waals surface area contributed by atoms with Gasteiger partial charge in [-0.3, -0.25) is 4.79 Å². The molecule has 15 heavy (non-hydrogen) atoms. The van der Waals surface area contributed by atoms with E-state index in [4.69, 9.17) is 4.74 Å². The number of rotatable bonds is 3. The van der Waals surface area contributed by atoms with E-state index in [9.17, 15) is 4.79 Å². The molecule has 1 aliphatic carbocycles. The molecule has 2 nitrogen and oxygen atoms in total. The molecule has 78 valence electrons. The Labute approximate surface area is 92.9 Å². The zero-order valence-electron chi connectivity index (χ0n) is 8.47. The van der Waals surface area contributed by atoms with E-state index in [1.165, 1.54) is 16.9 Å². The first kappa shape index (κ1) is 10.3. The predicted octanol–water partition coefficient (Wildman–Crippen LogP) is 2.92. The second kappa shape index (κ2) is 4.55. The molecule has 0 spiro atoms. The van der Waals surface area contributed by atoms with E-state index in [1.54, 1.807) is 7.11 Å². The van der Waals surface area contributed by atoms with Gasteiger partial charge in [0, 0.05) is 12.0 Å². The molecule has 0 fully saturated rings. The molecular weight excluding hydrogens is 208 g/mol. The van der Waals surface area contributed by atoms with Crippen LogP contribution in [0.2, 0.25) is 0 Å². The summed E-state index contributed by atoms with van der Waals surface area (Å²) in [7, 11) is 1.71. The lowest BCUT2D eigenvalue weighted by molar-refractivity contribution is 0.112. The van der Waals surface area contributed by atoms with Gasteiger partial charge in [-0.1, -0.05) is 18.2 Å². The maximum atomic E-state index is 10.6. The molecule has 1 heterocycles. The van der Waals surface area contributed by atoms with Gasteiger partial charge in [0.25, 0.3) is 0 Å². The van der Waals surface area contributed by atoms with Crippen LogP contribution in [0.1, 0.15) is 21.0 Å². The summed E-state index contributed by atoms with van der Waals surface area (Å²) in [5.41, 5.74) is 1.18. The predicted molar refractivity (Wildman–Crippen MR) is 62.2 cm³/mol. The first-order chi connectivity index (χ1) is 7.33. The largest absolute Gasteiger partial charge is 0.377 e. The molecule has 0 aromatic carbocycles. The van der Waals surface area contributed by atoms with Crippen LogP contribution >= 0.6 is 11.3 Å². The second-order valence-electron chi connectivity index (χ2n) is 3.35. The van der Waals surface area contributed by atoms with Gasteiger partial charge >= 0.3 is 0 Å². The van der Waals surface area contributed by atoms with Crippen molar-refractivity contribution in [2.45, 2.75) is 12.5 Å². The van der Waals surface area contributed by atoms with E-state index >= 15 is 0 Å². The van der Waals surface area contributed by atoms with Crippen molar-refractivity contribution in [3.63, 3.8) is 0 Å². The van der Waals surface area contributed by atoms with E-state index in [0.717, 1.165) is 22.5 Å². The number of thiophene rings is 1. The van der Waals surface area contributed by atoms with E-state index in [2.05, 4.69) is 18.2 Å². The third-order valence-electron chi connectivity index (χ3n) is 2.39. The third-order valence-corrected chi connectivity index (χ3v) is 3.45. The van der Waals surface area contributed by atoms with Gasteiger partial charge < -0.3 is 4.74 Å². The van der Waals surface area contributed by atoms with Gasteiger partial charge in [-0.05, 0) is 24.1 Å². The van der Waals surface area contributed by atoms with Crippen LogP contribution in [0.15, 0.2) is 30.4 Å². The lowest BCUT2D eigenvalue weighted by atomic mass is 10.0. The molecule has 1 aromatic heterocycles. The lowest BCUT2D eigenvalue weighted by Crippen LogP contribution is -2.07. The van der Waals surface area contributed by atoms with Crippen LogP contribution in [-0.4, -0.2) is 19.5 Å². The van der Waals surface area contributed by atoms with Gasteiger partial charge in [0.2, 0.25) is 0 Å². The molecule has 1 aromatic rings. The highest BCUT2D eigenvalue weighted by atomic mass is 32.1. The summed E-state index contributed by atoms with van der Waals surface area (Å²) in [5.74, 6) is 0. The Balaban J connectivity index is 2.16. The summed E-state index contributed by atoms with van der Waals surface area (Å²) < 4.78 is 5.22. The highest BCUT2D eigenvalue weighted by molar-refractivity contribution is 7.14. The molecule has 0 bridgehead atoms. The number of allylic oxidation sites excluding steroid dienone is 2.